The first kappa shape index (κ1) is 23.1. The smallest absolute Gasteiger partial charge is 0.306 e. The number of carboxylic acids is 1. The Labute approximate surface area is 186 Å². The van der Waals surface area contributed by atoms with Crippen LogP contribution in [0.3, 0.4) is 0 Å². The third-order valence-corrected chi connectivity index (χ3v) is 5.49. The Morgan fingerprint density at radius 1 is 0.906 bits per heavy atom. The summed E-state index contributed by atoms with van der Waals surface area (Å²) in [7, 11) is 1.51. The quantitative estimate of drug-likeness (QED) is 0.517. The predicted octanol–water partition coefficient (Wildman–Crippen LogP) is 2.88. The number of carbonyl (C=O) groups is 3. The van der Waals surface area contributed by atoms with Crippen molar-refractivity contribution in [3.63, 3.8) is 0 Å². The summed E-state index contributed by atoms with van der Waals surface area (Å²) >= 11 is 0. The van der Waals surface area contributed by atoms with Gasteiger partial charge < -0.3 is 25.2 Å². The van der Waals surface area contributed by atoms with Crippen LogP contribution in [0, 0.1) is 5.92 Å². The molecule has 0 atom stereocenters. The van der Waals surface area contributed by atoms with Crippen molar-refractivity contribution in [3.05, 3.63) is 59.7 Å². The fraction of sp³-hybridized carbons (Fsp3) is 0.375. The molecule has 3 N–H and O–H groups in total. The average molecular weight is 440 g/mol. The molecule has 1 saturated carbocycles. The second-order valence-corrected chi connectivity index (χ2v) is 7.67. The van der Waals surface area contributed by atoms with Crippen LogP contribution in [0.4, 0.5) is 0 Å². The fourth-order valence-corrected chi connectivity index (χ4v) is 3.69. The Bertz CT molecular complexity index is 936. The summed E-state index contributed by atoms with van der Waals surface area (Å²) in [4.78, 5) is 35.6. The fourth-order valence-electron chi connectivity index (χ4n) is 3.69. The molecule has 1 aliphatic carbocycles. The van der Waals surface area contributed by atoms with Gasteiger partial charge in [0.1, 0.15) is 11.5 Å². The summed E-state index contributed by atoms with van der Waals surface area (Å²) in [5.41, 5.74) is 0.927. The molecule has 170 valence electrons. The Morgan fingerprint density at radius 3 is 2.16 bits per heavy atom. The predicted molar refractivity (Wildman–Crippen MR) is 118 cm³/mol. The average Bonchev–Trinajstić information content (AvgIpc) is 2.82. The van der Waals surface area contributed by atoms with Gasteiger partial charge in [-0.1, -0.05) is 12.1 Å². The van der Waals surface area contributed by atoms with Gasteiger partial charge in [0, 0.05) is 18.7 Å². The lowest BCUT2D eigenvalue weighted by Crippen LogP contribution is -2.34. The minimum Gasteiger partial charge on any atom is -0.496 e. The van der Waals surface area contributed by atoms with Gasteiger partial charge in [-0.15, -0.1) is 0 Å². The number of para-hydroxylation sites is 1. The van der Waals surface area contributed by atoms with Crippen LogP contribution in [-0.2, 0) is 4.79 Å². The van der Waals surface area contributed by atoms with Gasteiger partial charge in [-0.2, -0.15) is 0 Å². The van der Waals surface area contributed by atoms with E-state index in [4.69, 9.17) is 14.6 Å². The summed E-state index contributed by atoms with van der Waals surface area (Å²) in [5, 5.41) is 14.6. The van der Waals surface area contributed by atoms with E-state index in [1.54, 1.807) is 48.5 Å². The van der Waals surface area contributed by atoms with E-state index in [2.05, 4.69) is 10.6 Å². The number of carbonyl (C=O) groups excluding carboxylic acids is 2. The van der Waals surface area contributed by atoms with Crippen LogP contribution >= 0.6 is 0 Å². The Kier molecular flexibility index (Phi) is 8.08. The highest BCUT2D eigenvalue weighted by molar-refractivity contribution is 5.97. The molecule has 2 aromatic carbocycles. The molecule has 0 bridgehead atoms. The molecule has 32 heavy (non-hydrogen) atoms. The molecule has 0 heterocycles. The van der Waals surface area contributed by atoms with Gasteiger partial charge >= 0.3 is 5.97 Å². The maximum atomic E-state index is 12.3. The van der Waals surface area contributed by atoms with Crippen LogP contribution in [-0.4, -0.2) is 49.2 Å². The van der Waals surface area contributed by atoms with Crippen molar-refractivity contribution in [2.75, 3.05) is 20.2 Å². The number of rotatable bonds is 9. The van der Waals surface area contributed by atoms with Crippen molar-refractivity contribution in [1.29, 1.82) is 0 Å². The van der Waals surface area contributed by atoms with Gasteiger partial charge in [0.15, 0.2) is 0 Å². The van der Waals surface area contributed by atoms with Crippen LogP contribution in [0.1, 0.15) is 46.4 Å². The maximum Gasteiger partial charge on any atom is 0.306 e. The zero-order valence-electron chi connectivity index (χ0n) is 18.0. The van der Waals surface area contributed by atoms with E-state index in [-0.39, 0.29) is 36.9 Å². The normalized spacial score (nSPS) is 17.8. The van der Waals surface area contributed by atoms with Crippen molar-refractivity contribution in [2.45, 2.75) is 31.8 Å². The summed E-state index contributed by atoms with van der Waals surface area (Å²) in [6.07, 6.45) is 2.65. The first-order valence-electron chi connectivity index (χ1n) is 10.7. The highest BCUT2D eigenvalue weighted by Gasteiger charge is 2.26. The Morgan fingerprint density at radius 2 is 1.53 bits per heavy atom. The molecular formula is C24H28N2O6. The number of hydrogen-bond acceptors (Lipinski definition) is 5. The van der Waals surface area contributed by atoms with Crippen LogP contribution in [0.15, 0.2) is 48.5 Å². The largest absolute Gasteiger partial charge is 0.496 e. The molecule has 0 spiro atoms. The molecule has 0 aliphatic heterocycles. The molecule has 0 aromatic heterocycles. The molecule has 8 heteroatoms. The molecule has 2 aromatic rings. The number of amides is 2. The van der Waals surface area contributed by atoms with Gasteiger partial charge in [-0.05, 0) is 62.1 Å². The number of hydrogen-bond donors (Lipinski definition) is 3. The molecule has 0 saturated heterocycles. The first-order valence-corrected chi connectivity index (χ1v) is 10.7. The van der Waals surface area contributed by atoms with Gasteiger partial charge in [-0.3, -0.25) is 14.4 Å². The third-order valence-electron chi connectivity index (χ3n) is 5.49. The van der Waals surface area contributed by atoms with E-state index in [0.29, 0.717) is 48.3 Å². The van der Waals surface area contributed by atoms with Gasteiger partial charge in [0.25, 0.3) is 11.8 Å². The summed E-state index contributed by atoms with van der Waals surface area (Å²) in [6.45, 7) is 0.563. The summed E-state index contributed by atoms with van der Waals surface area (Å²) in [6, 6.07) is 13.8. The molecule has 2 amide bonds. The summed E-state index contributed by atoms with van der Waals surface area (Å²) < 4.78 is 11.1. The minimum atomic E-state index is -0.738. The second kappa shape index (κ2) is 11.2. The van der Waals surface area contributed by atoms with Crippen molar-refractivity contribution in [2.24, 2.45) is 5.92 Å². The zero-order chi connectivity index (χ0) is 22.9. The monoisotopic (exact) mass is 440 g/mol. The minimum absolute atomic E-state index is 0.00266. The van der Waals surface area contributed by atoms with Crippen molar-refractivity contribution in [3.8, 4) is 11.5 Å². The number of carboxylic acid groups (broad SMARTS) is 1. The molecule has 8 nitrogen and oxygen atoms in total. The molecular weight excluding hydrogens is 412 g/mol. The van der Waals surface area contributed by atoms with E-state index in [9.17, 15) is 14.4 Å². The highest BCUT2D eigenvalue weighted by atomic mass is 16.5. The van der Waals surface area contributed by atoms with E-state index < -0.39 is 5.97 Å². The molecule has 3 rings (SSSR count). The lowest BCUT2D eigenvalue weighted by molar-refractivity contribution is -0.143. The summed E-state index contributed by atoms with van der Waals surface area (Å²) in [5.74, 6) is -0.380. The highest BCUT2D eigenvalue weighted by Crippen LogP contribution is 2.28. The number of nitrogens with one attached hydrogen (secondary N) is 2. The Balaban J connectivity index is 1.40. The standard InChI is InChI=1S/C24H28N2O6/c1-31-21-5-3-2-4-20(21)23(28)26-15-14-25-22(27)16-6-10-18(11-7-16)32-19-12-8-17(9-13-19)24(29)30/h2-7,10-11,17,19H,8-9,12-15H2,1H3,(H,25,27)(H,26,28)(H,29,30). The van der Waals surface area contributed by atoms with Gasteiger partial charge in [0.05, 0.1) is 24.7 Å². The van der Waals surface area contributed by atoms with E-state index in [1.165, 1.54) is 7.11 Å². The Hall–Kier alpha value is -3.55. The van der Waals surface area contributed by atoms with Crippen molar-refractivity contribution >= 4 is 17.8 Å². The molecule has 1 aliphatic rings. The molecule has 1 fully saturated rings. The van der Waals surface area contributed by atoms with Gasteiger partial charge in [0.2, 0.25) is 0 Å². The topological polar surface area (TPSA) is 114 Å². The molecule has 0 radical (unpaired) electrons. The molecule has 0 unspecified atom stereocenters. The van der Waals surface area contributed by atoms with Crippen LogP contribution in [0.5, 0.6) is 11.5 Å². The third kappa shape index (κ3) is 6.23. The number of aliphatic carboxylic acids is 1. The van der Waals surface area contributed by atoms with Crippen molar-refractivity contribution in [1.82, 2.24) is 10.6 Å². The van der Waals surface area contributed by atoms with E-state index in [1.807, 2.05) is 0 Å². The van der Waals surface area contributed by atoms with Crippen LogP contribution in [0.2, 0.25) is 0 Å². The lowest BCUT2D eigenvalue weighted by atomic mass is 9.87. The number of methoxy groups -OCH3 is 1. The van der Waals surface area contributed by atoms with E-state index >= 15 is 0 Å². The number of ether oxygens (including phenoxy) is 2. The maximum absolute atomic E-state index is 12.3. The number of benzene rings is 2. The zero-order valence-corrected chi connectivity index (χ0v) is 18.0. The van der Waals surface area contributed by atoms with Gasteiger partial charge in [-0.25, -0.2) is 0 Å². The first-order chi connectivity index (χ1) is 15.5. The van der Waals surface area contributed by atoms with Crippen molar-refractivity contribution < 1.29 is 29.0 Å². The van der Waals surface area contributed by atoms with E-state index in [0.717, 1.165) is 0 Å². The van der Waals surface area contributed by atoms with Crippen LogP contribution in [0.25, 0.3) is 0 Å². The lowest BCUT2D eigenvalue weighted by Gasteiger charge is -2.26. The van der Waals surface area contributed by atoms with Crippen LogP contribution < -0.4 is 20.1 Å². The SMILES string of the molecule is COc1ccccc1C(=O)NCCNC(=O)c1ccc(OC2CCC(C(=O)O)CC2)cc1. The second-order valence-electron chi connectivity index (χ2n) is 7.67.